The van der Waals surface area contributed by atoms with Crippen molar-refractivity contribution < 1.29 is 28.7 Å². The minimum absolute atomic E-state index is 0.107. The minimum atomic E-state index is -1.41. The Morgan fingerprint density at radius 2 is 1.51 bits per heavy atom. The van der Waals surface area contributed by atoms with Gasteiger partial charge >= 0.3 is 6.09 Å². The number of hydrogen-bond acceptors (Lipinski definition) is 7. The summed E-state index contributed by atoms with van der Waals surface area (Å²) in [5, 5.41) is 11.8. The molecule has 0 radical (unpaired) electrons. The fraction of sp³-hybridized carbons (Fsp3) is 0.528. The molecule has 4 amide bonds. The zero-order chi connectivity index (χ0) is 34.6. The second-order valence-electron chi connectivity index (χ2n) is 14.9. The number of rotatable bonds is 10. The normalized spacial score (nSPS) is 19.1. The summed E-state index contributed by atoms with van der Waals surface area (Å²) in [5.41, 5.74) is -1.12. The minimum Gasteiger partial charge on any atom is -0.444 e. The average molecular weight is 648 g/mol. The van der Waals surface area contributed by atoms with Crippen LogP contribution in [0, 0.1) is 5.41 Å². The van der Waals surface area contributed by atoms with Crippen LogP contribution < -0.4 is 10.6 Å². The van der Waals surface area contributed by atoms with E-state index in [9.17, 15) is 19.2 Å². The van der Waals surface area contributed by atoms with Crippen LogP contribution in [0.5, 0.6) is 0 Å². The molecule has 0 bridgehead atoms. The number of amides is 4. The summed E-state index contributed by atoms with van der Waals surface area (Å²) in [5.74, 6) is -1.11. The molecule has 0 aliphatic carbocycles. The first kappa shape index (κ1) is 35.6. The number of likely N-dealkylation sites (tertiary alicyclic amines) is 1. The summed E-state index contributed by atoms with van der Waals surface area (Å²) >= 11 is 0. The van der Waals surface area contributed by atoms with E-state index in [2.05, 4.69) is 10.6 Å². The van der Waals surface area contributed by atoms with Crippen LogP contribution >= 0.6 is 0 Å². The smallest absolute Gasteiger partial charge is 0.408 e. The van der Waals surface area contributed by atoms with Crippen LogP contribution in [-0.4, -0.2) is 81.9 Å². The Morgan fingerprint density at radius 1 is 0.915 bits per heavy atom. The number of nitrogens with one attached hydrogen (secondary N) is 2. The van der Waals surface area contributed by atoms with Crippen LogP contribution in [-0.2, 0) is 36.9 Å². The molecule has 2 heterocycles. The monoisotopic (exact) mass is 647 g/mol. The lowest BCUT2D eigenvalue weighted by Gasteiger charge is -2.41. The van der Waals surface area contributed by atoms with Crippen LogP contribution in [0.3, 0.4) is 0 Å². The van der Waals surface area contributed by atoms with Crippen LogP contribution in [0.2, 0.25) is 0 Å². The Balaban J connectivity index is 1.59. The van der Waals surface area contributed by atoms with Crippen molar-refractivity contribution in [1.82, 2.24) is 20.5 Å². The summed E-state index contributed by atoms with van der Waals surface area (Å²) in [6.45, 7) is 14.6. The van der Waals surface area contributed by atoms with E-state index in [4.69, 9.17) is 14.6 Å². The lowest BCUT2D eigenvalue weighted by atomic mass is 9.73. The Hall–Kier alpha value is -4.25. The second kappa shape index (κ2) is 13.9. The fourth-order valence-electron chi connectivity index (χ4n) is 5.72. The molecule has 2 aliphatic heterocycles. The van der Waals surface area contributed by atoms with Gasteiger partial charge in [0.05, 0.1) is 24.5 Å². The third-order valence-electron chi connectivity index (χ3n) is 8.13. The van der Waals surface area contributed by atoms with E-state index in [0.29, 0.717) is 19.4 Å². The van der Waals surface area contributed by atoms with Crippen molar-refractivity contribution in [3.05, 3.63) is 71.8 Å². The van der Waals surface area contributed by atoms with Gasteiger partial charge in [0.15, 0.2) is 0 Å². The average Bonchev–Trinajstić information content (AvgIpc) is 3.27. The highest BCUT2D eigenvalue weighted by Gasteiger charge is 2.56. The molecular weight excluding hydrogens is 598 g/mol. The van der Waals surface area contributed by atoms with Gasteiger partial charge in [-0.15, -0.1) is 0 Å². The largest absolute Gasteiger partial charge is 0.444 e. The Labute approximate surface area is 278 Å². The van der Waals surface area contributed by atoms with E-state index in [1.165, 1.54) is 13.8 Å². The van der Waals surface area contributed by atoms with Gasteiger partial charge in [0.2, 0.25) is 11.8 Å². The molecule has 1 saturated heterocycles. The number of nitrogens with zero attached hydrogens (tertiary/aromatic N) is 3. The van der Waals surface area contributed by atoms with Crippen LogP contribution in [0.25, 0.3) is 0 Å². The number of ether oxygens (including phenoxy) is 2. The van der Waals surface area contributed by atoms with Crippen LogP contribution in [0.15, 0.2) is 65.8 Å². The predicted octanol–water partition coefficient (Wildman–Crippen LogP) is 4.45. The number of piperidine rings is 1. The van der Waals surface area contributed by atoms with E-state index in [-0.39, 0.29) is 31.6 Å². The van der Waals surface area contributed by atoms with Crippen LogP contribution in [0.1, 0.15) is 72.9 Å². The summed E-state index contributed by atoms with van der Waals surface area (Å²) < 4.78 is 11.3. The van der Waals surface area contributed by atoms with Gasteiger partial charge in [-0.25, -0.2) is 9.80 Å². The Morgan fingerprint density at radius 3 is 2.09 bits per heavy atom. The molecule has 11 nitrogen and oxygen atoms in total. The van der Waals surface area contributed by atoms with E-state index >= 15 is 0 Å². The van der Waals surface area contributed by atoms with Crippen molar-refractivity contribution in [3.8, 4) is 0 Å². The SMILES string of the molecule is CC(C)(C)OC(=O)NC(C)(C)C(=O)N[C@H](COCc1ccccc1)C(=O)N1CCC2=NN(C(C)(C)C)C(=O)C2(Cc2ccccc2)C1. The highest BCUT2D eigenvalue weighted by molar-refractivity contribution is 6.14. The van der Waals surface area contributed by atoms with Gasteiger partial charge in [-0.05, 0) is 72.9 Å². The summed E-state index contributed by atoms with van der Waals surface area (Å²) in [4.78, 5) is 56.3. The van der Waals surface area contributed by atoms with Gasteiger partial charge in [0.25, 0.3) is 5.91 Å². The van der Waals surface area contributed by atoms with E-state index in [0.717, 1.165) is 16.8 Å². The number of benzene rings is 2. The predicted molar refractivity (Wildman–Crippen MR) is 179 cm³/mol. The molecule has 47 heavy (non-hydrogen) atoms. The molecule has 254 valence electrons. The lowest BCUT2D eigenvalue weighted by molar-refractivity contribution is -0.146. The van der Waals surface area contributed by atoms with E-state index in [1.807, 2.05) is 81.4 Å². The van der Waals surface area contributed by atoms with Crippen molar-refractivity contribution in [1.29, 1.82) is 0 Å². The first-order valence-corrected chi connectivity index (χ1v) is 16.1. The number of carbonyl (C=O) groups excluding carboxylic acids is 4. The first-order valence-electron chi connectivity index (χ1n) is 16.1. The van der Waals surface area contributed by atoms with Crippen LogP contribution in [0.4, 0.5) is 4.79 Å². The first-order chi connectivity index (χ1) is 21.9. The van der Waals surface area contributed by atoms with Gasteiger partial charge in [0.1, 0.15) is 22.6 Å². The van der Waals surface area contributed by atoms with Crippen molar-refractivity contribution in [2.24, 2.45) is 10.5 Å². The number of alkyl carbamates (subject to hydrolysis) is 1. The van der Waals surface area contributed by atoms with E-state index in [1.54, 1.807) is 30.7 Å². The Bertz CT molecular complexity index is 1480. The maximum Gasteiger partial charge on any atom is 0.408 e. The molecule has 2 aliphatic rings. The molecule has 1 unspecified atom stereocenters. The number of carbonyl (C=O) groups is 4. The zero-order valence-electron chi connectivity index (χ0n) is 28.9. The standard InChI is InChI=1S/C36H49N5O6/c1-33(2,3)41-31(44)36(21-25-15-11-9-12-16-25)24-40(20-19-28(36)39-41)29(42)27(23-46-22-26-17-13-10-14-18-26)37-30(43)35(7,8)38-32(45)47-34(4,5)6/h9-18,27H,19-24H2,1-8H3,(H,37,43)(H,38,45)/t27-,36?/m1/s1. The summed E-state index contributed by atoms with van der Waals surface area (Å²) in [6, 6.07) is 18.2. The van der Waals surface area contributed by atoms with Gasteiger partial charge in [-0.1, -0.05) is 60.7 Å². The second-order valence-corrected chi connectivity index (χ2v) is 14.9. The van der Waals surface area contributed by atoms with Gasteiger partial charge < -0.3 is 25.0 Å². The maximum atomic E-state index is 14.3. The lowest BCUT2D eigenvalue weighted by Crippen LogP contribution is -2.63. The molecule has 2 aromatic rings. The zero-order valence-corrected chi connectivity index (χ0v) is 28.9. The maximum absolute atomic E-state index is 14.3. The van der Waals surface area contributed by atoms with Gasteiger partial charge in [-0.3, -0.25) is 14.4 Å². The third kappa shape index (κ3) is 8.77. The fourth-order valence-corrected chi connectivity index (χ4v) is 5.72. The molecule has 2 aromatic carbocycles. The molecule has 1 fully saturated rings. The molecule has 2 N–H and O–H groups in total. The van der Waals surface area contributed by atoms with E-state index < -0.39 is 40.1 Å². The molecule has 0 spiro atoms. The summed E-state index contributed by atoms with van der Waals surface area (Å²) in [7, 11) is 0. The van der Waals surface area contributed by atoms with Crippen molar-refractivity contribution in [2.75, 3.05) is 19.7 Å². The quantitative estimate of drug-likeness (QED) is 0.392. The number of hydrogen-bond donors (Lipinski definition) is 2. The molecule has 0 aromatic heterocycles. The molecule has 11 heteroatoms. The molecule has 0 saturated carbocycles. The number of fused-ring (bicyclic) bond motifs is 1. The van der Waals surface area contributed by atoms with Crippen molar-refractivity contribution >= 4 is 29.5 Å². The molecular formula is C36H49N5O6. The molecule has 2 atom stereocenters. The van der Waals surface area contributed by atoms with Gasteiger partial charge in [0, 0.05) is 19.5 Å². The van der Waals surface area contributed by atoms with Crippen molar-refractivity contribution in [2.45, 2.75) is 97.6 Å². The number of hydrazone groups is 1. The highest BCUT2D eigenvalue weighted by Crippen LogP contribution is 2.41. The third-order valence-corrected chi connectivity index (χ3v) is 8.13. The highest BCUT2D eigenvalue weighted by atomic mass is 16.6. The van der Waals surface area contributed by atoms with Gasteiger partial charge in [-0.2, -0.15) is 5.10 Å². The Kier molecular flexibility index (Phi) is 10.5. The molecule has 4 rings (SSSR count). The summed E-state index contributed by atoms with van der Waals surface area (Å²) in [6.07, 6.45) is 0.0411. The topological polar surface area (TPSA) is 130 Å². The van der Waals surface area contributed by atoms with Crippen molar-refractivity contribution in [3.63, 3.8) is 0 Å².